The molecule has 2 nitrogen and oxygen atoms in total. The van der Waals surface area contributed by atoms with E-state index in [1.54, 1.807) is 6.26 Å². The van der Waals surface area contributed by atoms with Gasteiger partial charge in [-0.1, -0.05) is 0 Å². The van der Waals surface area contributed by atoms with Gasteiger partial charge in [-0.25, -0.2) is 0 Å². The van der Waals surface area contributed by atoms with Crippen LogP contribution in [0.25, 0.3) is 0 Å². The van der Waals surface area contributed by atoms with Gasteiger partial charge in [-0.2, -0.15) is 0 Å². The average molecular weight is 419 g/mol. The molecule has 0 unspecified atom stereocenters. The van der Waals surface area contributed by atoms with Crippen LogP contribution in [0.4, 0.5) is 0 Å². The summed E-state index contributed by atoms with van der Waals surface area (Å²) in [7, 11) is -2.34. The molecule has 0 aliphatic rings. The summed E-state index contributed by atoms with van der Waals surface area (Å²) in [6, 6.07) is 32.4. The first-order valence-electron chi connectivity index (χ1n) is 10.3. The number of hydrogen-bond donors (Lipinski definition) is 0. The molecule has 0 atom stereocenters. The fraction of sp³-hybridized carbons (Fsp3) is 0.185. The predicted molar refractivity (Wildman–Crippen MR) is 132 cm³/mol. The summed E-state index contributed by atoms with van der Waals surface area (Å²) in [5.74, 6) is 0. The monoisotopic (exact) mass is 418 g/mol. The van der Waals surface area contributed by atoms with Gasteiger partial charge in [0.2, 0.25) is 0 Å². The second-order valence-electron chi connectivity index (χ2n) is 7.73. The summed E-state index contributed by atoms with van der Waals surface area (Å²) in [4.78, 5) is 0. The molecule has 0 heterocycles. The van der Waals surface area contributed by atoms with Crippen LogP contribution in [0.3, 0.4) is 0 Å². The van der Waals surface area contributed by atoms with Crippen molar-refractivity contribution in [1.82, 2.24) is 0 Å². The molecule has 0 saturated carbocycles. The van der Waals surface area contributed by atoms with Crippen molar-refractivity contribution in [2.24, 2.45) is 0 Å². The second kappa shape index (κ2) is 10.9. The molecule has 0 aromatic heterocycles. The van der Waals surface area contributed by atoms with Gasteiger partial charge in [-0.05, 0) is 0 Å². The van der Waals surface area contributed by atoms with E-state index in [4.69, 9.17) is 9.47 Å². The normalized spacial score (nSPS) is 12.4. The first-order valence-corrected chi connectivity index (χ1v) is 12.5. The van der Waals surface area contributed by atoms with Crippen LogP contribution in [0.15, 0.2) is 115 Å². The van der Waals surface area contributed by atoms with Crippen LogP contribution in [0.1, 0.15) is 13.8 Å². The molecule has 0 aliphatic carbocycles. The summed E-state index contributed by atoms with van der Waals surface area (Å²) in [5.41, 5.74) is 2.07. The fourth-order valence-corrected chi connectivity index (χ4v) is 7.84. The van der Waals surface area contributed by atoms with E-state index in [9.17, 15) is 0 Å². The third-order valence-electron chi connectivity index (χ3n) is 5.06. The van der Waals surface area contributed by atoms with Crippen molar-refractivity contribution in [3.05, 3.63) is 115 Å². The molecule has 0 spiro atoms. The van der Waals surface area contributed by atoms with Crippen molar-refractivity contribution in [3.8, 4) is 0 Å². The van der Waals surface area contributed by atoms with Gasteiger partial charge in [0.1, 0.15) is 0 Å². The van der Waals surface area contributed by atoms with Crippen LogP contribution in [0, 0.1) is 0 Å². The van der Waals surface area contributed by atoms with Gasteiger partial charge in [-0.3, -0.25) is 0 Å². The molecule has 0 amide bonds. The van der Waals surface area contributed by atoms with Gasteiger partial charge in [0.15, 0.2) is 0 Å². The van der Waals surface area contributed by atoms with E-state index >= 15 is 0 Å². The molecule has 0 aliphatic heterocycles. The van der Waals surface area contributed by atoms with Crippen LogP contribution in [0.2, 0.25) is 0 Å². The van der Waals surface area contributed by atoms with Crippen molar-refractivity contribution >= 4 is 23.2 Å². The molecule has 156 valence electrons. The Morgan fingerprint density at radius 3 is 1.57 bits per heavy atom. The van der Waals surface area contributed by atoms with E-state index in [2.05, 4.69) is 97.6 Å². The Kier molecular flexibility index (Phi) is 8.02. The van der Waals surface area contributed by atoms with Crippen molar-refractivity contribution < 1.29 is 9.47 Å². The van der Waals surface area contributed by atoms with Crippen molar-refractivity contribution in [2.75, 3.05) is 19.6 Å². The van der Waals surface area contributed by atoms with Crippen LogP contribution < -0.4 is 15.9 Å². The second-order valence-corrected chi connectivity index (χ2v) is 11.6. The number of hydrogen-bond acceptors (Lipinski definition) is 2. The molecule has 3 heteroatoms. The minimum atomic E-state index is -2.34. The molecule has 30 heavy (non-hydrogen) atoms. The number of benzene rings is 3. The SMILES string of the molecule is C=C(C)CO/C=C(\C)COC[PH](c1ccccc1)(c1ccccc1)c1ccccc1. The van der Waals surface area contributed by atoms with E-state index in [1.807, 2.05) is 13.8 Å². The maximum atomic E-state index is 6.37. The van der Waals surface area contributed by atoms with Crippen molar-refractivity contribution in [1.29, 1.82) is 0 Å². The zero-order valence-corrected chi connectivity index (χ0v) is 18.9. The van der Waals surface area contributed by atoms with E-state index < -0.39 is 7.26 Å². The topological polar surface area (TPSA) is 18.5 Å². The van der Waals surface area contributed by atoms with E-state index in [-0.39, 0.29) is 0 Å². The molecule has 0 radical (unpaired) electrons. The number of rotatable bonds is 10. The Morgan fingerprint density at radius 1 is 0.733 bits per heavy atom. The quantitative estimate of drug-likeness (QED) is 0.256. The van der Waals surface area contributed by atoms with Crippen molar-refractivity contribution in [2.45, 2.75) is 13.8 Å². The van der Waals surface area contributed by atoms with E-state index in [0.717, 1.165) is 11.1 Å². The van der Waals surface area contributed by atoms with E-state index in [1.165, 1.54) is 15.9 Å². The third-order valence-corrected chi connectivity index (χ3v) is 9.66. The summed E-state index contributed by atoms with van der Waals surface area (Å²) in [6.45, 7) is 8.94. The Balaban J connectivity index is 1.94. The van der Waals surface area contributed by atoms with Gasteiger partial charge < -0.3 is 0 Å². The summed E-state index contributed by atoms with van der Waals surface area (Å²) < 4.78 is 11.9. The zero-order valence-electron chi connectivity index (χ0n) is 17.9. The van der Waals surface area contributed by atoms with Crippen molar-refractivity contribution in [3.63, 3.8) is 0 Å². The standard InChI is InChI=1S/C27H31O2P/c1-23(2)19-28-20-24(3)21-29-22-30(25-13-7-4-8-14-25,26-15-9-5-10-16-26)27-17-11-6-12-18-27/h4-18,20,30H,1,19,21-22H2,2-3H3/b24-20+. The molecule has 3 rings (SSSR count). The first kappa shape index (κ1) is 22.0. The zero-order chi connectivity index (χ0) is 21.2. The van der Waals surface area contributed by atoms with Crippen LogP contribution in [0.5, 0.6) is 0 Å². The third kappa shape index (κ3) is 5.48. The van der Waals surface area contributed by atoms with E-state index in [0.29, 0.717) is 19.6 Å². The van der Waals surface area contributed by atoms with Gasteiger partial charge >= 0.3 is 181 Å². The molecular formula is C27H31O2P. The molecular weight excluding hydrogens is 387 g/mol. The Morgan fingerprint density at radius 2 is 1.17 bits per heavy atom. The summed E-state index contributed by atoms with van der Waals surface area (Å²) in [6.07, 6.45) is 2.45. The minimum absolute atomic E-state index is 0.536. The Labute approximate surface area is 181 Å². The predicted octanol–water partition coefficient (Wildman–Crippen LogP) is 5.18. The summed E-state index contributed by atoms with van der Waals surface area (Å²) in [5, 5.41) is 4.05. The maximum absolute atomic E-state index is 6.37. The molecule has 3 aromatic rings. The van der Waals surface area contributed by atoms with Crippen LogP contribution >= 0.6 is 7.26 Å². The van der Waals surface area contributed by atoms with Gasteiger partial charge in [-0.15, -0.1) is 0 Å². The molecule has 3 aromatic carbocycles. The fourth-order valence-electron chi connectivity index (χ4n) is 3.64. The molecule has 0 bridgehead atoms. The van der Waals surface area contributed by atoms with Crippen LogP contribution in [-0.4, -0.2) is 19.6 Å². The molecule has 0 N–H and O–H groups in total. The molecule has 0 saturated heterocycles. The average Bonchev–Trinajstić information content (AvgIpc) is 2.78. The van der Waals surface area contributed by atoms with Gasteiger partial charge in [0.25, 0.3) is 0 Å². The summed E-state index contributed by atoms with van der Waals surface area (Å²) >= 11 is 0. The Hall–Kier alpha value is -2.67. The Bertz CT molecular complexity index is 853. The molecule has 0 fully saturated rings. The van der Waals surface area contributed by atoms with Gasteiger partial charge in [0.05, 0.1) is 0 Å². The van der Waals surface area contributed by atoms with Crippen LogP contribution in [-0.2, 0) is 9.47 Å². The van der Waals surface area contributed by atoms with Gasteiger partial charge in [0, 0.05) is 0 Å². The first-order chi connectivity index (χ1) is 14.6. The number of ether oxygens (including phenoxy) is 2.